The molecule has 0 radical (unpaired) electrons. The minimum absolute atomic E-state index is 0.319. The van der Waals surface area contributed by atoms with Gasteiger partial charge in [-0.2, -0.15) is 0 Å². The van der Waals surface area contributed by atoms with Crippen LogP contribution in [0.2, 0.25) is 0 Å². The van der Waals surface area contributed by atoms with Gasteiger partial charge < -0.3 is 10.1 Å². The second-order valence-electron chi connectivity index (χ2n) is 7.00. The molecule has 6 nitrogen and oxygen atoms in total. The van der Waals surface area contributed by atoms with Crippen molar-refractivity contribution in [3.05, 3.63) is 59.7 Å². The quantitative estimate of drug-likeness (QED) is 0.602. The first-order chi connectivity index (χ1) is 13.8. The van der Waals surface area contributed by atoms with Crippen LogP contribution in [0.15, 0.2) is 48.5 Å². The topological polar surface area (TPSA) is 75.7 Å². The molecule has 2 aromatic carbocycles. The Kier molecular flexibility index (Phi) is 8.08. The van der Waals surface area contributed by atoms with Crippen molar-refractivity contribution in [3.63, 3.8) is 0 Å². The lowest BCUT2D eigenvalue weighted by molar-refractivity contribution is -0.121. The zero-order valence-corrected chi connectivity index (χ0v) is 18.3. The van der Waals surface area contributed by atoms with Crippen molar-refractivity contribution in [1.29, 1.82) is 0 Å². The largest absolute Gasteiger partial charge is 0.497 e. The molecule has 0 aromatic heterocycles. The van der Waals surface area contributed by atoms with E-state index in [0.29, 0.717) is 12.2 Å². The third-order valence-electron chi connectivity index (χ3n) is 4.76. The average Bonchev–Trinajstić information content (AvgIpc) is 2.70. The average molecular weight is 419 g/mol. The summed E-state index contributed by atoms with van der Waals surface area (Å²) < 4.78 is 31.1. The molecular weight excluding hydrogens is 388 g/mol. The fourth-order valence-electron chi connectivity index (χ4n) is 3.17. The van der Waals surface area contributed by atoms with Crippen LogP contribution in [0.3, 0.4) is 0 Å². The third-order valence-corrected chi connectivity index (χ3v) is 6.00. The summed E-state index contributed by atoms with van der Waals surface area (Å²) in [6.07, 6.45) is 3.52. The minimum atomic E-state index is -3.60. The molecule has 1 N–H and O–H groups in total. The number of nitrogens with one attached hydrogen (secondary N) is 1. The Morgan fingerprint density at radius 1 is 1.14 bits per heavy atom. The molecule has 0 fully saturated rings. The lowest BCUT2D eigenvalue weighted by atomic mass is 10.1. The van der Waals surface area contributed by atoms with E-state index in [1.165, 1.54) is 4.31 Å². The summed E-state index contributed by atoms with van der Waals surface area (Å²) in [5.74, 6) is 0.485. The second-order valence-corrected chi connectivity index (χ2v) is 8.86. The van der Waals surface area contributed by atoms with Gasteiger partial charge in [0.2, 0.25) is 15.9 Å². The Bertz CT molecular complexity index is 911. The van der Waals surface area contributed by atoms with Gasteiger partial charge in [-0.3, -0.25) is 9.10 Å². The summed E-state index contributed by atoms with van der Waals surface area (Å²) in [5.41, 5.74) is 2.72. The normalized spacial score (nSPS) is 12.3. The van der Waals surface area contributed by atoms with Crippen molar-refractivity contribution in [2.75, 3.05) is 24.2 Å². The number of hydrogen-bond donors (Lipinski definition) is 1. The molecule has 0 unspecified atom stereocenters. The van der Waals surface area contributed by atoms with E-state index < -0.39 is 16.1 Å². The molecule has 2 rings (SSSR count). The molecule has 0 saturated carbocycles. The molecule has 0 aliphatic carbocycles. The van der Waals surface area contributed by atoms with Gasteiger partial charge in [0.25, 0.3) is 0 Å². The maximum Gasteiger partial charge on any atom is 0.243 e. The first-order valence-corrected chi connectivity index (χ1v) is 11.6. The highest BCUT2D eigenvalue weighted by atomic mass is 32.2. The smallest absolute Gasteiger partial charge is 0.243 e. The highest BCUT2D eigenvalue weighted by Gasteiger charge is 2.28. The van der Waals surface area contributed by atoms with Gasteiger partial charge in [-0.1, -0.05) is 31.2 Å². The maximum atomic E-state index is 12.6. The van der Waals surface area contributed by atoms with E-state index in [4.69, 9.17) is 4.74 Å². The van der Waals surface area contributed by atoms with Crippen molar-refractivity contribution < 1.29 is 17.9 Å². The van der Waals surface area contributed by atoms with Gasteiger partial charge in [0, 0.05) is 6.54 Å². The van der Waals surface area contributed by atoms with Crippen molar-refractivity contribution in [2.24, 2.45) is 0 Å². The molecule has 0 aliphatic rings. The highest BCUT2D eigenvalue weighted by Crippen LogP contribution is 2.21. The first kappa shape index (κ1) is 22.7. The Labute approximate surface area is 173 Å². The zero-order chi connectivity index (χ0) is 21.4. The van der Waals surface area contributed by atoms with Crippen LogP contribution >= 0.6 is 0 Å². The number of carbonyl (C=O) groups is 1. The van der Waals surface area contributed by atoms with Gasteiger partial charge in [0.05, 0.1) is 19.1 Å². The number of amides is 1. The van der Waals surface area contributed by atoms with E-state index in [1.54, 1.807) is 26.2 Å². The molecule has 1 amide bonds. The number of benzene rings is 2. The van der Waals surface area contributed by atoms with Crippen LogP contribution in [0.5, 0.6) is 5.75 Å². The standard InChI is InChI=1S/C22H30N2O4S/c1-5-18-11-13-20(14-12-18)24(29(4,26)27)17(2)22(25)23-15-7-9-19-8-6-10-21(16-19)28-3/h6,8,10-14,16-17H,5,7,9,15H2,1-4H3,(H,23,25)/t17-/m0/s1. The Morgan fingerprint density at radius 3 is 2.41 bits per heavy atom. The SMILES string of the molecule is CCc1ccc(N([C@@H](C)C(=O)NCCCc2cccc(OC)c2)S(C)(=O)=O)cc1. The fraction of sp³-hybridized carbons (Fsp3) is 0.409. The fourth-order valence-corrected chi connectivity index (χ4v) is 4.34. The van der Waals surface area contributed by atoms with Gasteiger partial charge in [-0.05, 0) is 61.6 Å². The molecule has 0 saturated heterocycles. The van der Waals surface area contributed by atoms with Gasteiger partial charge in [0.1, 0.15) is 11.8 Å². The van der Waals surface area contributed by atoms with Crippen LogP contribution in [0.25, 0.3) is 0 Å². The van der Waals surface area contributed by atoms with Gasteiger partial charge >= 0.3 is 0 Å². The second kappa shape index (κ2) is 10.3. The third kappa shape index (κ3) is 6.49. The van der Waals surface area contributed by atoms with Gasteiger partial charge in [-0.25, -0.2) is 8.42 Å². The minimum Gasteiger partial charge on any atom is -0.497 e. The van der Waals surface area contributed by atoms with Crippen LogP contribution in [0, 0.1) is 0 Å². The predicted molar refractivity (Wildman–Crippen MR) is 117 cm³/mol. The van der Waals surface area contributed by atoms with Crippen molar-refractivity contribution in [1.82, 2.24) is 5.32 Å². The number of hydrogen-bond acceptors (Lipinski definition) is 4. The maximum absolute atomic E-state index is 12.6. The zero-order valence-electron chi connectivity index (χ0n) is 17.5. The number of aryl methyl sites for hydroxylation is 2. The van der Waals surface area contributed by atoms with Crippen molar-refractivity contribution in [3.8, 4) is 5.75 Å². The van der Waals surface area contributed by atoms with Crippen molar-refractivity contribution in [2.45, 2.75) is 39.2 Å². The Balaban J connectivity index is 1.97. The summed E-state index contributed by atoms with van der Waals surface area (Å²) in [6, 6.07) is 14.2. The Hall–Kier alpha value is -2.54. The molecule has 7 heteroatoms. The van der Waals surface area contributed by atoms with Gasteiger partial charge in [0.15, 0.2) is 0 Å². The van der Waals surface area contributed by atoms with E-state index >= 15 is 0 Å². The van der Waals surface area contributed by atoms with E-state index in [-0.39, 0.29) is 5.91 Å². The molecule has 0 bridgehead atoms. The van der Waals surface area contributed by atoms with Gasteiger partial charge in [-0.15, -0.1) is 0 Å². The summed E-state index contributed by atoms with van der Waals surface area (Å²) >= 11 is 0. The summed E-state index contributed by atoms with van der Waals surface area (Å²) in [5, 5.41) is 2.85. The van der Waals surface area contributed by atoms with Crippen LogP contribution in [0.1, 0.15) is 31.4 Å². The Morgan fingerprint density at radius 2 is 1.83 bits per heavy atom. The van der Waals surface area contributed by atoms with Crippen LogP contribution in [0.4, 0.5) is 5.69 Å². The number of nitrogens with zero attached hydrogens (tertiary/aromatic N) is 1. The van der Waals surface area contributed by atoms with Crippen molar-refractivity contribution >= 4 is 21.6 Å². The number of sulfonamides is 1. The number of anilines is 1. The lowest BCUT2D eigenvalue weighted by Crippen LogP contribution is -2.48. The summed E-state index contributed by atoms with van der Waals surface area (Å²) in [4.78, 5) is 12.6. The highest BCUT2D eigenvalue weighted by molar-refractivity contribution is 7.92. The van der Waals surface area contributed by atoms with E-state index in [1.807, 2.05) is 43.3 Å². The first-order valence-electron chi connectivity index (χ1n) is 9.75. The molecular formula is C22H30N2O4S. The number of ether oxygens (including phenoxy) is 1. The summed E-state index contributed by atoms with van der Waals surface area (Å²) in [6.45, 7) is 4.10. The molecule has 0 spiro atoms. The van der Waals surface area contributed by atoms with E-state index in [2.05, 4.69) is 5.32 Å². The monoisotopic (exact) mass is 418 g/mol. The molecule has 1 atom stereocenters. The predicted octanol–water partition coefficient (Wildman–Crippen LogP) is 3.16. The van der Waals surface area contributed by atoms with E-state index in [0.717, 1.165) is 42.4 Å². The lowest BCUT2D eigenvalue weighted by Gasteiger charge is -2.28. The van der Waals surface area contributed by atoms with Crippen LogP contribution in [-0.4, -0.2) is 40.3 Å². The molecule has 0 aliphatic heterocycles. The van der Waals surface area contributed by atoms with E-state index in [9.17, 15) is 13.2 Å². The summed E-state index contributed by atoms with van der Waals surface area (Å²) in [7, 11) is -1.98. The molecule has 0 heterocycles. The molecule has 158 valence electrons. The van der Waals surface area contributed by atoms with Crippen LogP contribution in [-0.2, 0) is 27.7 Å². The molecule has 2 aromatic rings. The van der Waals surface area contributed by atoms with Crippen LogP contribution < -0.4 is 14.4 Å². The number of methoxy groups -OCH3 is 1. The number of carbonyl (C=O) groups excluding carboxylic acids is 1. The number of rotatable bonds is 10. The molecule has 29 heavy (non-hydrogen) atoms.